The largest absolute Gasteiger partial charge is 0.490 e. The molecule has 0 aromatic heterocycles. The molecule has 0 amide bonds. The third-order valence-corrected chi connectivity index (χ3v) is 1.92. The van der Waals surface area contributed by atoms with Crippen LogP contribution in [-0.2, 0) is 14.3 Å². The molecule has 2 atom stereocenters. The van der Waals surface area contributed by atoms with Crippen molar-refractivity contribution in [3.05, 3.63) is 0 Å². The Kier molecular flexibility index (Phi) is 3.18. The van der Waals surface area contributed by atoms with Crippen LogP contribution >= 0.6 is 0 Å². The van der Waals surface area contributed by atoms with E-state index in [1.807, 2.05) is 0 Å². The predicted molar refractivity (Wildman–Crippen MR) is 40.0 cm³/mol. The highest BCUT2D eigenvalue weighted by Gasteiger charge is 2.45. The van der Waals surface area contributed by atoms with Crippen molar-refractivity contribution < 1.29 is 32.6 Å². The maximum atomic E-state index is 11.8. The van der Waals surface area contributed by atoms with Gasteiger partial charge in [-0.15, -0.1) is 0 Å². The van der Waals surface area contributed by atoms with Crippen LogP contribution in [0.25, 0.3) is 0 Å². The second-order valence-electron chi connectivity index (χ2n) is 3.00. The van der Waals surface area contributed by atoms with Gasteiger partial charge >= 0.3 is 18.1 Å². The van der Waals surface area contributed by atoms with Crippen LogP contribution in [0.3, 0.4) is 0 Å². The Labute approximate surface area is 82.2 Å². The fraction of sp³-hybridized carbons (Fsp3) is 0.714. The molecule has 1 rings (SSSR count). The van der Waals surface area contributed by atoms with E-state index in [0.29, 0.717) is 0 Å². The van der Waals surface area contributed by atoms with E-state index >= 15 is 0 Å². The number of carbonyl (C=O) groups excluding carboxylic acids is 1. The van der Waals surface area contributed by atoms with E-state index in [-0.39, 0.29) is 13.0 Å². The summed E-state index contributed by atoms with van der Waals surface area (Å²) in [5.74, 6) is -3.70. The van der Waals surface area contributed by atoms with E-state index in [0.717, 1.165) is 0 Å². The third-order valence-electron chi connectivity index (χ3n) is 1.92. The second kappa shape index (κ2) is 4.05. The van der Waals surface area contributed by atoms with Gasteiger partial charge in [0.05, 0.1) is 0 Å². The van der Waals surface area contributed by atoms with E-state index in [9.17, 15) is 22.8 Å². The number of esters is 1. The molecule has 0 aromatic rings. The normalized spacial score (nSPS) is 26.3. The maximum Gasteiger partial charge on any atom is 0.490 e. The van der Waals surface area contributed by atoms with Gasteiger partial charge in [0.15, 0.2) is 0 Å². The first-order valence-corrected chi connectivity index (χ1v) is 4.06. The van der Waals surface area contributed by atoms with Gasteiger partial charge in [-0.3, -0.25) is 4.79 Å². The first-order chi connectivity index (χ1) is 6.82. The summed E-state index contributed by atoms with van der Waals surface area (Å²) in [7, 11) is 0. The van der Waals surface area contributed by atoms with Crippen molar-refractivity contribution in [3.63, 3.8) is 0 Å². The fourth-order valence-corrected chi connectivity index (χ4v) is 1.26. The van der Waals surface area contributed by atoms with Crippen molar-refractivity contribution >= 4 is 11.9 Å². The lowest BCUT2D eigenvalue weighted by Crippen LogP contribution is -2.42. The number of hydrogen-bond acceptors (Lipinski definition) is 4. The summed E-state index contributed by atoms with van der Waals surface area (Å²) in [6.07, 6.45) is -6.30. The van der Waals surface area contributed by atoms with Crippen LogP contribution in [0.5, 0.6) is 0 Å². The Morgan fingerprint density at radius 1 is 1.40 bits per heavy atom. The van der Waals surface area contributed by atoms with Crippen LogP contribution in [0.1, 0.15) is 6.42 Å². The first kappa shape index (κ1) is 11.8. The molecule has 5 nitrogen and oxygen atoms in total. The molecule has 0 unspecified atom stereocenters. The van der Waals surface area contributed by atoms with Gasteiger partial charge in [-0.25, -0.2) is 4.79 Å². The molecule has 86 valence electrons. The van der Waals surface area contributed by atoms with Crippen molar-refractivity contribution in [2.75, 3.05) is 6.54 Å². The number of hydrogen-bond donors (Lipinski definition) is 2. The fourth-order valence-electron chi connectivity index (χ4n) is 1.26. The lowest BCUT2D eigenvalue weighted by molar-refractivity contribution is -0.205. The number of ether oxygens (including phenoxy) is 1. The van der Waals surface area contributed by atoms with Crippen molar-refractivity contribution in [2.24, 2.45) is 0 Å². The van der Waals surface area contributed by atoms with Crippen molar-refractivity contribution in [1.29, 1.82) is 0 Å². The number of carboxylic acids is 1. The quantitative estimate of drug-likeness (QED) is 0.644. The van der Waals surface area contributed by atoms with Gasteiger partial charge in [0.1, 0.15) is 12.1 Å². The van der Waals surface area contributed by atoms with Gasteiger partial charge in [-0.1, -0.05) is 0 Å². The average Bonchev–Trinajstić information content (AvgIpc) is 2.50. The van der Waals surface area contributed by atoms with Crippen molar-refractivity contribution in [2.45, 2.75) is 24.7 Å². The van der Waals surface area contributed by atoms with E-state index in [1.165, 1.54) is 0 Å². The summed E-state index contributed by atoms with van der Waals surface area (Å²) in [6.45, 7) is 0.201. The van der Waals surface area contributed by atoms with Gasteiger partial charge < -0.3 is 15.2 Å². The lowest BCUT2D eigenvalue weighted by Gasteiger charge is -2.17. The van der Waals surface area contributed by atoms with Gasteiger partial charge in [0.2, 0.25) is 0 Å². The molecule has 0 aliphatic carbocycles. The zero-order valence-electron chi connectivity index (χ0n) is 7.37. The minimum Gasteiger partial charge on any atom is -0.480 e. The molecule has 0 radical (unpaired) electrons. The molecule has 0 saturated carbocycles. The highest BCUT2D eigenvalue weighted by molar-refractivity contribution is 5.78. The molecule has 0 aromatic carbocycles. The Morgan fingerprint density at radius 2 is 2.00 bits per heavy atom. The zero-order chi connectivity index (χ0) is 11.6. The monoisotopic (exact) mass is 227 g/mol. The van der Waals surface area contributed by atoms with Crippen LogP contribution in [0.15, 0.2) is 0 Å². The average molecular weight is 227 g/mol. The van der Waals surface area contributed by atoms with Crippen LogP contribution in [0.2, 0.25) is 0 Å². The molecule has 8 heteroatoms. The Balaban J connectivity index is 2.58. The Hall–Kier alpha value is -1.31. The van der Waals surface area contributed by atoms with Crippen LogP contribution < -0.4 is 5.32 Å². The van der Waals surface area contributed by atoms with Crippen molar-refractivity contribution in [3.8, 4) is 0 Å². The van der Waals surface area contributed by atoms with Crippen LogP contribution in [-0.4, -0.2) is 41.9 Å². The number of nitrogens with one attached hydrogen (secondary N) is 1. The summed E-state index contributed by atoms with van der Waals surface area (Å²) in [5, 5.41) is 11.0. The van der Waals surface area contributed by atoms with Crippen LogP contribution in [0.4, 0.5) is 13.2 Å². The standard InChI is InChI=1S/C7H8F3NO4/c8-7(9,10)6(14)15-3-1-2-11-4(3)5(12)13/h3-4,11H,1-2H2,(H,12,13)/t3-,4+/m0/s1. The molecule has 1 heterocycles. The highest BCUT2D eigenvalue weighted by atomic mass is 19.4. The Morgan fingerprint density at radius 3 is 2.47 bits per heavy atom. The van der Waals surface area contributed by atoms with E-state index in [4.69, 9.17) is 5.11 Å². The SMILES string of the molecule is O=C(O)[C@@H]1NCC[C@@H]1OC(=O)C(F)(F)F. The number of carboxylic acid groups (broad SMARTS) is 1. The smallest absolute Gasteiger partial charge is 0.480 e. The minimum absolute atomic E-state index is 0.0544. The molecule has 1 aliphatic heterocycles. The number of rotatable bonds is 2. The highest BCUT2D eigenvalue weighted by Crippen LogP contribution is 2.20. The first-order valence-electron chi connectivity index (χ1n) is 4.06. The molecule has 15 heavy (non-hydrogen) atoms. The predicted octanol–water partition coefficient (Wildman–Crippen LogP) is -0.0930. The molecule has 0 bridgehead atoms. The van der Waals surface area contributed by atoms with Gasteiger partial charge in [0.25, 0.3) is 0 Å². The number of alkyl halides is 3. The second-order valence-corrected chi connectivity index (χ2v) is 3.00. The van der Waals surface area contributed by atoms with E-state index in [2.05, 4.69) is 10.1 Å². The molecule has 1 aliphatic rings. The van der Waals surface area contributed by atoms with Gasteiger partial charge in [0, 0.05) is 0 Å². The van der Waals surface area contributed by atoms with E-state index < -0.39 is 30.3 Å². The molecule has 1 fully saturated rings. The lowest BCUT2D eigenvalue weighted by atomic mass is 10.2. The molecule has 0 spiro atoms. The Bertz CT molecular complexity index is 278. The van der Waals surface area contributed by atoms with Crippen LogP contribution in [0, 0.1) is 0 Å². The minimum atomic E-state index is -5.09. The molecule has 2 N–H and O–H groups in total. The summed E-state index contributed by atoms with van der Waals surface area (Å²) >= 11 is 0. The maximum absolute atomic E-state index is 11.8. The summed E-state index contributed by atoms with van der Waals surface area (Å²) in [4.78, 5) is 20.9. The van der Waals surface area contributed by atoms with Crippen molar-refractivity contribution in [1.82, 2.24) is 5.32 Å². The molecule has 1 saturated heterocycles. The van der Waals surface area contributed by atoms with Gasteiger partial charge in [-0.05, 0) is 13.0 Å². The molecular formula is C7H8F3NO4. The number of halogens is 3. The zero-order valence-corrected chi connectivity index (χ0v) is 7.37. The third kappa shape index (κ3) is 2.82. The topological polar surface area (TPSA) is 75.6 Å². The summed E-state index contributed by atoms with van der Waals surface area (Å²) in [6, 6.07) is -1.27. The van der Waals surface area contributed by atoms with Gasteiger partial charge in [-0.2, -0.15) is 13.2 Å². The number of carbonyl (C=O) groups is 2. The number of aliphatic carboxylic acids is 1. The summed E-state index contributed by atoms with van der Waals surface area (Å²) in [5.41, 5.74) is 0. The van der Waals surface area contributed by atoms with E-state index in [1.54, 1.807) is 0 Å². The molecular weight excluding hydrogens is 219 g/mol. The summed E-state index contributed by atoms with van der Waals surface area (Å²) < 4.78 is 39.4.